The second kappa shape index (κ2) is 18.3. The van der Waals surface area contributed by atoms with Gasteiger partial charge in [0.1, 0.15) is 23.8 Å². The number of anilines is 2. The molecule has 3 aliphatic carbocycles. The topological polar surface area (TPSA) is 130 Å². The fourth-order valence-electron chi connectivity index (χ4n) is 9.87. The monoisotopic (exact) mass is 797 g/mol. The summed E-state index contributed by atoms with van der Waals surface area (Å²) in [6.07, 6.45) is 11.0. The largest absolute Gasteiger partial charge is 0.495 e. The molecular formula is C44H59N7O7. The van der Waals surface area contributed by atoms with E-state index in [2.05, 4.69) is 25.3 Å². The first-order valence-electron chi connectivity index (χ1n) is 21.0. The number of piperidine rings is 1. The van der Waals surface area contributed by atoms with Crippen LogP contribution in [0.4, 0.5) is 16.2 Å². The minimum atomic E-state index is -0.430. The van der Waals surface area contributed by atoms with Crippen molar-refractivity contribution in [2.45, 2.75) is 63.9 Å². The maximum Gasteiger partial charge on any atom is 0.412 e. The minimum absolute atomic E-state index is 0.0378. The zero-order valence-corrected chi connectivity index (χ0v) is 34.1. The van der Waals surface area contributed by atoms with E-state index in [0.717, 1.165) is 69.1 Å². The molecule has 14 heteroatoms. The van der Waals surface area contributed by atoms with Gasteiger partial charge in [0.05, 0.1) is 63.4 Å². The van der Waals surface area contributed by atoms with Crippen LogP contribution in [-0.2, 0) is 19.0 Å². The molecule has 0 radical (unpaired) electrons. The Bertz CT molecular complexity index is 1860. The highest BCUT2D eigenvalue weighted by atomic mass is 16.6. The van der Waals surface area contributed by atoms with Crippen LogP contribution < -0.4 is 25.0 Å². The fourth-order valence-corrected chi connectivity index (χ4v) is 9.87. The summed E-state index contributed by atoms with van der Waals surface area (Å²) in [5.74, 6) is 0.991. The smallest absolute Gasteiger partial charge is 0.412 e. The molecule has 14 nitrogen and oxygen atoms in total. The fraction of sp³-hybridized carbons (Fsp3) is 0.568. The Kier molecular flexibility index (Phi) is 12.8. The quantitative estimate of drug-likeness (QED) is 0.162. The molecule has 6 atom stereocenters. The molecule has 2 saturated heterocycles. The van der Waals surface area contributed by atoms with E-state index in [4.69, 9.17) is 28.7 Å². The number of amides is 2. The molecule has 1 spiro atoms. The van der Waals surface area contributed by atoms with Crippen molar-refractivity contribution in [3.05, 3.63) is 72.3 Å². The second-order valence-corrected chi connectivity index (χ2v) is 16.2. The molecule has 6 aliphatic rings. The number of nitrogens with zero attached hydrogens (tertiary/aromatic N) is 5. The summed E-state index contributed by atoms with van der Waals surface area (Å²) >= 11 is 0. The number of hydrogen-bond acceptors (Lipinski definition) is 12. The van der Waals surface area contributed by atoms with Gasteiger partial charge in [-0.15, -0.1) is 0 Å². The van der Waals surface area contributed by atoms with E-state index in [9.17, 15) is 9.59 Å². The van der Waals surface area contributed by atoms with E-state index < -0.39 is 6.09 Å². The highest BCUT2D eigenvalue weighted by molar-refractivity contribution is 6.18. The molecule has 8 rings (SSSR count). The standard InChI is InChI=1S/C44H59N7O7/c1-4-57-38-12-8-7-11-36(38)51-41(46-34-10-6-5-9-33(34)42(51)52)28-49-21-19-48(20-22-49)18-17-45-29-55-23-24-56-30-50-39-15-16-44(39)27-32(26-40(44)50)58-43(53)47-35-25-31(2)13-14-37(35)54-3/h5-14,25,32-33,39-41,45H,4,15-24,26-30H2,1-3H3,(H,47,53). The first kappa shape index (κ1) is 40.5. The van der Waals surface area contributed by atoms with Crippen LogP contribution in [0.5, 0.6) is 11.5 Å². The van der Waals surface area contributed by atoms with Crippen LogP contribution in [0.25, 0.3) is 0 Å². The third-order valence-corrected chi connectivity index (χ3v) is 12.8. The molecule has 4 fully saturated rings. The van der Waals surface area contributed by atoms with Crippen molar-refractivity contribution in [2.75, 3.05) is 96.4 Å². The number of hydrogen-bond donors (Lipinski definition) is 2. The van der Waals surface area contributed by atoms with Crippen LogP contribution in [0.1, 0.15) is 38.2 Å². The molecule has 3 heterocycles. The molecule has 312 valence electrons. The molecule has 58 heavy (non-hydrogen) atoms. The number of rotatable bonds is 18. The number of ether oxygens (including phenoxy) is 5. The lowest BCUT2D eigenvalue weighted by Crippen LogP contribution is -2.74. The molecular weight excluding hydrogens is 739 g/mol. The van der Waals surface area contributed by atoms with Gasteiger partial charge in [0.25, 0.3) is 0 Å². The van der Waals surface area contributed by atoms with Gasteiger partial charge in [-0.1, -0.05) is 36.4 Å². The van der Waals surface area contributed by atoms with Gasteiger partial charge in [0.2, 0.25) is 5.91 Å². The number of allylic oxidation sites excluding steroid dienone is 3. The van der Waals surface area contributed by atoms with Gasteiger partial charge in [-0.3, -0.25) is 40.0 Å². The number of methoxy groups -OCH3 is 1. The number of piperazine rings is 1. The van der Waals surface area contributed by atoms with E-state index in [1.165, 1.54) is 12.8 Å². The van der Waals surface area contributed by atoms with Gasteiger partial charge < -0.3 is 23.7 Å². The van der Waals surface area contributed by atoms with Crippen molar-refractivity contribution in [2.24, 2.45) is 16.3 Å². The molecule has 0 bridgehead atoms. The number of nitrogens with one attached hydrogen (secondary N) is 2. The van der Waals surface area contributed by atoms with Crippen molar-refractivity contribution in [1.29, 1.82) is 0 Å². The van der Waals surface area contributed by atoms with E-state index in [1.807, 2.05) is 85.5 Å². The number of likely N-dealkylation sites (tertiary alicyclic amines) is 1. The SMILES string of the molecule is CCOc1ccccc1N1C(=O)C2C=CC=CC2=NC1CN1CCN(CCNCOCCOCN2C3CCC34CC(OC(=O)Nc3cc(C)ccc3OC)CC24)CC1. The maximum atomic E-state index is 13.9. The van der Waals surface area contributed by atoms with E-state index in [1.54, 1.807) is 7.11 Å². The lowest BCUT2D eigenvalue weighted by Gasteiger charge is -2.68. The predicted octanol–water partition coefficient (Wildman–Crippen LogP) is 4.66. The number of carbonyl (C=O) groups is 2. The first-order valence-corrected chi connectivity index (χ1v) is 21.0. The zero-order chi connectivity index (χ0) is 40.1. The molecule has 3 aliphatic heterocycles. The minimum Gasteiger partial charge on any atom is -0.495 e. The third-order valence-electron chi connectivity index (χ3n) is 12.8. The van der Waals surface area contributed by atoms with Crippen LogP contribution in [0.15, 0.2) is 71.8 Å². The second-order valence-electron chi connectivity index (χ2n) is 16.2. The van der Waals surface area contributed by atoms with Gasteiger partial charge in [-0.2, -0.15) is 0 Å². The van der Waals surface area contributed by atoms with Gasteiger partial charge in [-0.05, 0) is 69.0 Å². The Morgan fingerprint density at radius 3 is 2.64 bits per heavy atom. The molecule has 2 amide bonds. The Labute approximate surface area is 342 Å². The average molecular weight is 798 g/mol. The van der Waals surface area contributed by atoms with Crippen LogP contribution in [-0.4, -0.2) is 143 Å². The summed E-state index contributed by atoms with van der Waals surface area (Å²) in [6, 6.07) is 14.4. The Morgan fingerprint density at radius 1 is 1.00 bits per heavy atom. The Morgan fingerprint density at radius 2 is 1.83 bits per heavy atom. The van der Waals surface area contributed by atoms with Crippen molar-refractivity contribution in [3.63, 3.8) is 0 Å². The lowest BCUT2D eigenvalue weighted by atomic mass is 9.53. The zero-order valence-electron chi connectivity index (χ0n) is 34.1. The van der Waals surface area contributed by atoms with Crippen LogP contribution in [0.2, 0.25) is 0 Å². The number of aryl methyl sites for hydroxylation is 1. The molecule has 2 aromatic rings. The maximum absolute atomic E-state index is 13.9. The summed E-state index contributed by atoms with van der Waals surface area (Å²) < 4.78 is 29.1. The number of aliphatic imine (C=N–C) groups is 1. The normalized spacial score (nSPS) is 27.8. The Hall–Kier alpha value is -4.31. The summed E-state index contributed by atoms with van der Waals surface area (Å²) in [4.78, 5) is 41.0. The van der Waals surface area contributed by atoms with Gasteiger partial charge in [0.15, 0.2) is 0 Å². The number of benzene rings is 2. The first-order chi connectivity index (χ1) is 28.4. The summed E-state index contributed by atoms with van der Waals surface area (Å²) in [7, 11) is 1.59. The molecule has 2 saturated carbocycles. The van der Waals surface area contributed by atoms with Gasteiger partial charge in [0, 0.05) is 69.7 Å². The number of carbonyl (C=O) groups excluding carboxylic acids is 2. The van der Waals surface area contributed by atoms with Gasteiger partial charge >= 0.3 is 6.09 Å². The van der Waals surface area contributed by atoms with E-state index in [-0.39, 0.29) is 29.5 Å². The van der Waals surface area contributed by atoms with Crippen molar-refractivity contribution >= 4 is 29.1 Å². The van der Waals surface area contributed by atoms with Crippen molar-refractivity contribution < 1.29 is 33.3 Å². The van der Waals surface area contributed by atoms with Gasteiger partial charge in [-0.25, -0.2) is 4.79 Å². The summed E-state index contributed by atoms with van der Waals surface area (Å²) in [5.41, 5.74) is 3.53. The molecule has 0 aromatic heterocycles. The highest BCUT2D eigenvalue weighted by Gasteiger charge is 2.69. The third kappa shape index (κ3) is 8.54. The van der Waals surface area contributed by atoms with Crippen molar-refractivity contribution in [1.82, 2.24) is 20.0 Å². The summed E-state index contributed by atoms with van der Waals surface area (Å²) in [6.45, 7) is 12.8. The Balaban J connectivity index is 0.700. The lowest BCUT2D eigenvalue weighted by molar-refractivity contribution is -0.223. The molecule has 2 N–H and O–H groups in total. The van der Waals surface area contributed by atoms with E-state index in [0.29, 0.717) is 69.1 Å². The average Bonchev–Trinajstić information content (AvgIpc) is 3.59. The summed E-state index contributed by atoms with van der Waals surface area (Å²) in [5, 5.41) is 6.30. The number of para-hydroxylation sites is 2. The predicted molar refractivity (Wildman–Crippen MR) is 223 cm³/mol. The van der Waals surface area contributed by atoms with Crippen LogP contribution in [0.3, 0.4) is 0 Å². The number of fused-ring (bicyclic) bond motifs is 1. The molecule has 6 unspecified atom stereocenters. The highest BCUT2D eigenvalue weighted by Crippen LogP contribution is 2.65. The van der Waals surface area contributed by atoms with E-state index >= 15 is 0 Å². The van der Waals surface area contributed by atoms with Crippen LogP contribution >= 0.6 is 0 Å². The van der Waals surface area contributed by atoms with Crippen molar-refractivity contribution in [3.8, 4) is 11.5 Å². The van der Waals surface area contributed by atoms with Crippen LogP contribution in [0, 0.1) is 18.3 Å². The molecule has 2 aromatic carbocycles.